The molecule has 0 unspecified atom stereocenters. The van der Waals surface area contributed by atoms with Gasteiger partial charge in [0, 0.05) is 45.1 Å². The van der Waals surface area contributed by atoms with E-state index in [0.717, 1.165) is 62.4 Å². The highest BCUT2D eigenvalue weighted by Crippen LogP contribution is 2.07. The molecule has 126 valence electrons. The average Bonchev–Trinajstić information content (AvgIpc) is 2.90. The smallest absolute Gasteiger partial charge is 0.191 e. The Hall–Kier alpha value is -1.18. The number of aromatic nitrogens is 1. The molecular weight excluding hydrogens is 298 g/mol. The van der Waals surface area contributed by atoms with Crippen LogP contribution in [0, 0.1) is 6.92 Å². The molecule has 0 aliphatic rings. The number of thiazole rings is 1. The number of aryl methyl sites for hydroxylation is 1. The van der Waals surface area contributed by atoms with Gasteiger partial charge in [-0.3, -0.25) is 4.99 Å². The van der Waals surface area contributed by atoms with Gasteiger partial charge in [-0.15, -0.1) is 11.3 Å². The Bertz CT molecular complexity index is 435. The van der Waals surface area contributed by atoms with Gasteiger partial charge in [0.25, 0.3) is 0 Å². The number of hydrogen-bond acceptors (Lipinski definition) is 5. The van der Waals surface area contributed by atoms with Crippen LogP contribution in [-0.4, -0.2) is 69.3 Å². The Balaban J connectivity index is 2.29. The molecule has 0 spiro atoms. The van der Waals surface area contributed by atoms with Crippen LogP contribution in [0.3, 0.4) is 0 Å². The summed E-state index contributed by atoms with van der Waals surface area (Å²) in [6.07, 6.45) is 0.919. The lowest BCUT2D eigenvalue weighted by Crippen LogP contribution is -2.39. The zero-order valence-electron chi connectivity index (χ0n) is 14.2. The Kier molecular flexibility index (Phi) is 9.77. The number of ether oxygens (including phenoxy) is 1. The largest absolute Gasteiger partial charge is 0.383 e. The van der Waals surface area contributed by atoms with Crippen molar-refractivity contribution < 1.29 is 4.74 Å². The van der Waals surface area contributed by atoms with Crippen molar-refractivity contribution in [1.82, 2.24) is 20.5 Å². The van der Waals surface area contributed by atoms with Gasteiger partial charge in [-0.05, 0) is 20.9 Å². The first-order chi connectivity index (χ1) is 10.7. The highest BCUT2D eigenvalue weighted by Gasteiger charge is 2.01. The number of nitrogens with one attached hydrogen (secondary N) is 2. The van der Waals surface area contributed by atoms with E-state index in [9.17, 15) is 0 Å². The Morgan fingerprint density at radius 1 is 1.41 bits per heavy atom. The molecule has 0 aliphatic heterocycles. The molecule has 0 bridgehead atoms. The van der Waals surface area contributed by atoms with Crippen molar-refractivity contribution in [3.63, 3.8) is 0 Å². The molecule has 1 rings (SSSR count). The van der Waals surface area contributed by atoms with Crippen LogP contribution >= 0.6 is 11.3 Å². The fourth-order valence-corrected chi connectivity index (χ4v) is 2.51. The van der Waals surface area contributed by atoms with Gasteiger partial charge in [0.1, 0.15) is 0 Å². The second-order valence-electron chi connectivity index (χ2n) is 5.09. The zero-order chi connectivity index (χ0) is 16.2. The van der Waals surface area contributed by atoms with E-state index in [4.69, 9.17) is 4.74 Å². The average molecular weight is 327 g/mol. The van der Waals surface area contributed by atoms with E-state index in [1.165, 1.54) is 0 Å². The molecule has 0 radical (unpaired) electrons. The minimum atomic E-state index is 0.756. The Labute approximate surface area is 138 Å². The summed E-state index contributed by atoms with van der Waals surface area (Å²) < 4.78 is 5.07. The summed E-state index contributed by atoms with van der Waals surface area (Å²) in [5, 5.41) is 9.86. The minimum absolute atomic E-state index is 0.756. The molecule has 22 heavy (non-hydrogen) atoms. The summed E-state index contributed by atoms with van der Waals surface area (Å²) in [4.78, 5) is 11.3. The third-order valence-electron chi connectivity index (χ3n) is 3.11. The molecule has 6 nitrogen and oxygen atoms in total. The van der Waals surface area contributed by atoms with Crippen LogP contribution in [0.25, 0.3) is 0 Å². The third-order valence-corrected chi connectivity index (χ3v) is 3.94. The normalized spacial score (nSPS) is 12.0. The van der Waals surface area contributed by atoms with E-state index >= 15 is 0 Å². The maximum Gasteiger partial charge on any atom is 0.191 e. The zero-order valence-corrected chi connectivity index (χ0v) is 15.0. The molecule has 0 aliphatic carbocycles. The maximum absolute atomic E-state index is 5.07. The van der Waals surface area contributed by atoms with Crippen LogP contribution in [-0.2, 0) is 11.2 Å². The van der Waals surface area contributed by atoms with Gasteiger partial charge in [-0.25, -0.2) is 4.98 Å². The topological polar surface area (TPSA) is 61.8 Å². The predicted octanol–water partition coefficient (Wildman–Crippen LogP) is 1.13. The van der Waals surface area contributed by atoms with Gasteiger partial charge in [0.05, 0.1) is 23.9 Å². The predicted molar refractivity (Wildman–Crippen MR) is 93.9 cm³/mol. The number of likely N-dealkylation sites (N-methyl/N-ethyl adjacent to an activating group) is 1. The first-order valence-corrected chi connectivity index (χ1v) is 8.64. The van der Waals surface area contributed by atoms with E-state index in [1.807, 2.05) is 6.92 Å². The van der Waals surface area contributed by atoms with Crippen molar-refractivity contribution in [2.75, 3.05) is 53.5 Å². The number of methoxy groups -OCH3 is 1. The Morgan fingerprint density at radius 2 is 2.23 bits per heavy atom. The van der Waals surface area contributed by atoms with Crippen LogP contribution in [0.2, 0.25) is 0 Å². The van der Waals surface area contributed by atoms with Gasteiger partial charge >= 0.3 is 0 Å². The van der Waals surface area contributed by atoms with Crippen LogP contribution < -0.4 is 10.6 Å². The van der Waals surface area contributed by atoms with Gasteiger partial charge in [-0.1, -0.05) is 0 Å². The van der Waals surface area contributed by atoms with Gasteiger partial charge in [-0.2, -0.15) is 0 Å². The molecule has 0 atom stereocenters. The van der Waals surface area contributed by atoms with Crippen molar-refractivity contribution >= 4 is 17.3 Å². The first kappa shape index (κ1) is 18.9. The number of hydrogen-bond donors (Lipinski definition) is 2. The molecule has 2 N–H and O–H groups in total. The number of rotatable bonds is 10. The molecule has 1 aromatic heterocycles. The van der Waals surface area contributed by atoms with Crippen LogP contribution in [0.5, 0.6) is 0 Å². The fourth-order valence-electron chi connectivity index (χ4n) is 1.87. The number of aliphatic imine (C=N–C) groups is 1. The van der Waals surface area contributed by atoms with Crippen molar-refractivity contribution in [2.24, 2.45) is 4.99 Å². The van der Waals surface area contributed by atoms with E-state index < -0.39 is 0 Å². The third kappa shape index (κ3) is 8.31. The lowest BCUT2D eigenvalue weighted by atomic mass is 10.3. The first-order valence-electron chi connectivity index (χ1n) is 7.76. The molecular formula is C15H29N5OS. The summed E-state index contributed by atoms with van der Waals surface area (Å²) in [7, 11) is 3.81. The van der Waals surface area contributed by atoms with Crippen molar-refractivity contribution in [1.29, 1.82) is 0 Å². The van der Waals surface area contributed by atoms with E-state index in [0.29, 0.717) is 0 Å². The standard InChI is InChI=1S/C15H29N5OS/c1-5-16-15(18-8-9-20(3)10-11-21-4)17-7-6-14-12-22-13(2)19-14/h12H,5-11H2,1-4H3,(H2,16,17,18). The quantitative estimate of drug-likeness (QED) is 0.498. The van der Waals surface area contributed by atoms with Gasteiger partial charge < -0.3 is 20.3 Å². The highest BCUT2D eigenvalue weighted by atomic mass is 32.1. The van der Waals surface area contributed by atoms with Crippen LogP contribution in [0.4, 0.5) is 0 Å². The lowest BCUT2D eigenvalue weighted by molar-refractivity contribution is 0.163. The second kappa shape index (κ2) is 11.4. The van der Waals surface area contributed by atoms with Crippen molar-refractivity contribution in [2.45, 2.75) is 20.3 Å². The SMILES string of the molecule is CCNC(=NCCN(C)CCOC)NCCc1csc(C)n1. The highest BCUT2D eigenvalue weighted by molar-refractivity contribution is 7.09. The lowest BCUT2D eigenvalue weighted by Gasteiger charge is -2.15. The van der Waals surface area contributed by atoms with Gasteiger partial charge in [0.15, 0.2) is 5.96 Å². The van der Waals surface area contributed by atoms with Crippen LogP contribution in [0.15, 0.2) is 10.4 Å². The Morgan fingerprint density at radius 3 is 2.86 bits per heavy atom. The molecule has 0 amide bonds. The second-order valence-corrected chi connectivity index (χ2v) is 6.15. The number of nitrogens with zero attached hydrogens (tertiary/aromatic N) is 3. The molecule has 0 saturated carbocycles. The number of guanidine groups is 1. The van der Waals surface area contributed by atoms with E-state index in [2.05, 4.69) is 44.9 Å². The monoisotopic (exact) mass is 327 g/mol. The molecule has 0 aromatic carbocycles. The maximum atomic E-state index is 5.07. The molecule has 1 aromatic rings. The summed E-state index contributed by atoms with van der Waals surface area (Å²) in [6.45, 7) is 9.19. The molecule has 0 saturated heterocycles. The van der Waals surface area contributed by atoms with E-state index in [-0.39, 0.29) is 0 Å². The molecule has 0 fully saturated rings. The van der Waals surface area contributed by atoms with Crippen molar-refractivity contribution in [3.8, 4) is 0 Å². The van der Waals surface area contributed by atoms with Crippen molar-refractivity contribution in [3.05, 3.63) is 16.1 Å². The summed E-state index contributed by atoms with van der Waals surface area (Å²) in [6, 6.07) is 0. The summed E-state index contributed by atoms with van der Waals surface area (Å²) >= 11 is 1.70. The van der Waals surface area contributed by atoms with Crippen LogP contribution in [0.1, 0.15) is 17.6 Å². The molecule has 1 heterocycles. The van der Waals surface area contributed by atoms with Gasteiger partial charge in [0.2, 0.25) is 0 Å². The van der Waals surface area contributed by atoms with E-state index in [1.54, 1.807) is 18.4 Å². The fraction of sp³-hybridized carbons (Fsp3) is 0.733. The minimum Gasteiger partial charge on any atom is -0.383 e. The summed E-state index contributed by atoms with van der Waals surface area (Å²) in [5.41, 5.74) is 1.14. The molecule has 7 heteroatoms. The summed E-state index contributed by atoms with van der Waals surface area (Å²) in [5.74, 6) is 0.870.